The Kier molecular flexibility index (Phi) is 7.49. The highest BCUT2D eigenvalue weighted by Gasteiger charge is 2.25. The largest absolute Gasteiger partial charge is 0.277 e. The number of para-hydroxylation sites is 4. The van der Waals surface area contributed by atoms with Crippen molar-refractivity contribution < 1.29 is 0 Å². The fourth-order valence-electron chi connectivity index (χ4n) is 8.04. The van der Waals surface area contributed by atoms with Gasteiger partial charge in [-0.3, -0.25) is 8.97 Å². The molecule has 0 bridgehead atoms. The monoisotopic (exact) mass is 688 g/mol. The third-order valence-corrected chi connectivity index (χ3v) is 10.4. The van der Waals surface area contributed by atoms with Crippen molar-refractivity contribution in [3.63, 3.8) is 0 Å². The van der Waals surface area contributed by atoms with Crippen molar-refractivity contribution in [1.82, 2.24) is 14.0 Å². The zero-order valence-electron chi connectivity index (χ0n) is 29.3. The van der Waals surface area contributed by atoms with Crippen molar-refractivity contribution in [2.75, 3.05) is 0 Å². The molecule has 0 N–H and O–H groups in total. The van der Waals surface area contributed by atoms with E-state index in [2.05, 4.69) is 185 Å². The summed E-state index contributed by atoms with van der Waals surface area (Å²) in [5.74, 6) is 0.772. The Bertz CT molecular complexity index is 2920. The molecule has 10 aromatic rings. The minimum absolute atomic E-state index is 0.562. The maximum absolute atomic E-state index is 11.0. The maximum atomic E-state index is 11.0. The summed E-state index contributed by atoms with van der Waals surface area (Å²) in [5.41, 5.74) is 16.3. The first kappa shape index (κ1) is 31.3. The number of imidazole rings is 2. The van der Waals surface area contributed by atoms with Crippen LogP contribution in [0.15, 0.2) is 194 Å². The summed E-state index contributed by atoms with van der Waals surface area (Å²) in [7, 11) is 0. The molecule has 10 rings (SSSR count). The molecule has 0 saturated carbocycles. The SMILES string of the molecule is N#Cc1cc(-c2c(-c3ccccc3)c(-c3ccccc3)cc(-c3ccccc3)c2-c2ccccc2)ccc1-n1c2ccccc2n2c3ccccc3nc12. The fraction of sp³-hybridized carbons (Fsp3) is 0. The van der Waals surface area contributed by atoms with Crippen molar-refractivity contribution >= 4 is 27.8 Å². The van der Waals surface area contributed by atoms with Crippen LogP contribution >= 0.6 is 0 Å². The van der Waals surface area contributed by atoms with Crippen LogP contribution in [0.3, 0.4) is 0 Å². The summed E-state index contributed by atoms with van der Waals surface area (Å²) in [6, 6.07) is 70.3. The van der Waals surface area contributed by atoms with E-state index in [1.54, 1.807) is 0 Å². The molecule has 0 aliphatic rings. The lowest BCUT2D eigenvalue weighted by molar-refractivity contribution is 1.10. The Morgan fingerprint density at radius 3 is 1.44 bits per heavy atom. The second-order valence-corrected chi connectivity index (χ2v) is 13.5. The van der Waals surface area contributed by atoms with Crippen LogP contribution in [-0.4, -0.2) is 14.0 Å². The molecule has 0 aliphatic carbocycles. The van der Waals surface area contributed by atoms with E-state index in [9.17, 15) is 5.26 Å². The minimum Gasteiger partial charge on any atom is -0.277 e. The molecule has 0 aliphatic heterocycles. The molecule has 2 aromatic heterocycles. The van der Waals surface area contributed by atoms with Gasteiger partial charge in [0.25, 0.3) is 0 Å². The molecule has 0 saturated heterocycles. The van der Waals surface area contributed by atoms with E-state index in [1.807, 2.05) is 24.3 Å². The second kappa shape index (κ2) is 12.9. The van der Waals surface area contributed by atoms with Gasteiger partial charge < -0.3 is 0 Å². The first-order valence-corrected chi connectivity index (χ1v) is 18.1. The van der Waals surface area contributed by atoms with Gasteiger partial charge in [0.15, 0.2) is 0 Å². The predicted molar refractivity (Wildman–Crippen MR) is 221 cm³/mol. The van der Waals surface area contributed by atoms with Crippen molar-refractivity contribution in [2.24, 2.45) is 0 Å². The molecule has 0 radical (unpaired) electrons. The summed E-state index contributed by atoms with van der Waals surface area (Å²) in [4.78, 5) is 5.10. The lowest BCUT2D eigenvalue weighted by Gasteiger charge is -2.25. The highest BCUT2D eigenvalue weighted by molar-refractivity contribution is 6.07. The number of fused-ring (bicyclic) bond motifs is 5. The molecular weight excluding hydrogens is 657 g/mol. The molecule has 2 heterocycles. The van der Waals surface area contributed by atoms with Crippen molar-refractivity contribution in [2.45, 2.75) is 0 Å². The Morgan fingerprint density at radius 2 is 0.889 bits per heavy atom. The van der Waals surface area contributed by atoms with Gasteiger partial charge in [-0.15, -0.1) is 0 Å². The van der Waals surface area contributed by atoms with Crippen LogP contribution < -0.4 is 0 Å². The standard InChI is InChI=1S/C50H32N4/c51-33-39-31-38(29-30-43(39)53-45-27-15-16-28-46(45)54-44-26-14-13-25-42(44)52-50(53)54)49-47(36-21-9-3-10-22-36)40(34-17-5-1-6-18-34)32-41(35-19-7-2-8-20-35)48(49)37-23-11-4-12-24-37/h1-32H. The van der Waals surface area contributed by atoms with E-state index in [4.69, 9.17) is 4.98 Å². The Hall–Kier alpha value is -7.48. The number of nitriles is 1. The van der Waals surface area contributed by atoms with Crippen molar-refractivity contribution in [1.29, 1.82) is 5.26 Å². The molecule has 0 unspecified atom stereocenters. The summed E-state index contributed by atoms with van der Waals surface area (Å²) in [5, 5.41) is 11.0. The van der Waals surface area contributed by atoms with Gasteiger partial charge in [0.2, 0.25) is 5.78 Å². The quantitative estimate of drug-likeness (QED) is 0.175. The van der Waals surface area contributed by atoms with Crippen LogP contribution in [0.1, 0.15) is 5.56 Å². The average Bonchev–Trinajstić information content (AvgIpc) is 3.78. The van der Waals surface area contributed by atoms with Gasteiger partial charge in [-0.05, 0) is 98.1 Å². The lowest BCUT2D eigenvalue weighted by Crippen LogP contribution is -2.01. The van der Waals surface area contributed by atoms with Crippen molar-refractivity contribution in [3.8, 4) is 67.4 Å². The molecule has 8 aromatic carbocycles. The molecule has 0 amide bonds. The van der Waals surface area contributed by atoms with Crippen LogP contribution in [-0.2, 0) is 0 Å². The number of aromatic nitrogens is 3. The van der Waals surface area contributed by atoms with E-state index < -0.39 is 0 Å². The number of nitrogens with zero attached hydrogens (tertiary/aromatic N) is 4. The smallest absolute Gasteiger partial charge is 0.220 e. The molecule has 4 nitrogen and oxygen atoms in total. The topological polar surface area (TPSA) is 46.0 Å². The van der Waals surface area contributed by atoms with Gasteiger partial charge in [0, 0.05) is 0 Å². The number of rotatable bonds is 6. The van der Waals surface area contributed by atoms with E-state index in [1.165, 1.54) is 0 Å². The fourth-order valence-corrected chi connectivity index (χ4v) is 8.04. The van der Waals surface area contributed by atoms with Gasteiger partial charge in [-0.2, -0.15) is 5.26 Å². The van der Waals surface area contributed by atoms with Crippen LogP contribution in [0.5, 0.6) is 0 Å². The first-order chi connectivity index (χ1) is 26.8. The van der Waals surface area contributed by atoms with E-state index >= 15 is 0 Å². The highest BCUT2D eigenvalue weighted by atomic mass is 15.2. The number of benzene rings is 8. The van der Waals surface area contributed by atoms with Crippen LogP contribution in [0.4, 0.5) is 0 Å². The van der Waals surface area contributed by atoms with E-state index in [-0.39, 0.29) is 0 Å². The summed E-state index contributed by atoms with van der Waals surface area (Å²) in [6.07, 6.45) is 0. The van der Waals surface area contributed by atoms with Crippen LogP contribution in [0.2, 0.25) is 0 Å². The summed E-state index contributed by atoms with van der Waals surface area (Å²) in [6.45, 7) is 0. The van der Waals surface area contributed by atoms with Crippen molar-refractivity contribution in [3.05, 3.63) is 200 Å². The molecule has 4 heteroatoms. The highest BCUT2D eigenvalue weighted by Crippen LogP contribution is 2.50. The Labute approximate surface area is 313 Å². The normalized spacial score (nSPS) is 11.3. The molecular formula is C50H32N4. The van der Waals surface area contributed by atoms with E-state index in [0.717, 1.165) is 89.2 Å². The van der Waals surface area contributed by atoms with Crippen LogP contribution in [0, 0.1) is 11.3 Å². The zero-order chi connectivity index (χ0) is 36.0. The minimum atomic E-state index is 0.562. The van der Waals surface area contributed by atoms with Gasteiger partial charge in [0.1, 0.15) is 6.07 Å². The molecule has 252 valence electrons. The third-order valence-electron chi connectivity index (χ3n) is 10.4. The Morgan fingerprint density at radius 1 is 0.407 bits per heavy atom. The average molecular weight is 689 g/mol. The zero-order valence-corrected chi connectivity index (χ0v) is 29.3. The lowest BCUT2D eigenvalue weighted by atomic mass is 9.78. The van der Waals surface area contributed by atoms with E-state index in [0.29, 0.717) is 5.56 Å². The third kappa shape index (κ3) is 5.03. The molecule has 0 fully saturated rings. The van der Waals surface area contributed by atoms with Gasteiger partial charge in [-0.1, -0.05) is 152 Å². The second-order valence-electron chi connectivity index (χ2n) is 13.5. The molecule has 0 atom stereocenters. The number of hydrogen-bond acceptors (Lipinski definition) is 2. The first-order valence-electron chi connectivity index (χ1n) is 18.1. The molecule has 54 heavy (non-hydrogen) atoms. The predicted octanol–water partition coefficient (Wildman–Crippen LogP) is 12.6. The summed E-state index contributed by atoms with van der Waals surface area (Å²) < 4.78 is 4.32. The molecule has 0 spiro atoms. The Balaban J connectivity index is 1.33. The summed E-state index contributed by atoms with van der Waals surface area (Å²) >= 11 is 0. The van der Waals surface area contributed by atoms with Gasteiger partial charge >= 0.3 is 0 Å². The van der Waals surface area contributed by atoms with Crippen LogP contribution in [0.25, 0.3) is 89.2 Å². The van der Waals surface area contributed by atoms with Gasteiger partial charge in [0.05, 0.1) is 33.3 Å². The number of hydrogen-bond donors (Lipinski definition) is 0. The maximum Gasteiger partial charge on any atom is 0.220 e. The van der Waals surface area contributed by atoms with Gasteiger partial charge in [-0.25, -0.2) is 4.98 Å².